The van der Waals surface area contributed by atoms with Gasteiger partial charge in [-0.1, -0.05) is 12.1 Å². The Balaban J connectivity index is 2.24. The van der Waals surface area contributed by atoms with E-state index in [0.29, 0.717) is 0 Å². The zero-order valence-corrected chi connectivity index (χ0v) is 8.97. The van der Waals surface area contributed by atoms with Gasteiger partial charge in [0.05, 0.1) is 0 Å². The number of phenols is 1. The second kappa shape index (κ2) is 4.53. The Morgan fingerprint density at radius 2 is 1.75 bits per heavy atom. The number of hydrogen-bond donors (Lipinski definition) is 2. The van der Waals surface area contributed by atoms with Crippen molar-refractivity contribution >= 4 is 5.97 Å². The molecule has 4 nitrogen and oxygen atoms in total. The van der Waals surface area contributed by atoms with E-state index in [0.717, 1.165) is 31.5 Å². The van der Waals surface area contributed by atoms with Gasteiger partial charge >= 0.3 is 5.97 Å². The Kier molecular flexibility index (Phi) is 3.10. The van der Waals surface area contributed by atoms with E-state index >= 15 is 0 Å². The molecule has 0 spiro atoms. The van der Waals surface area contributed by atoms with Crippen molar-refractivity contribution in [2.45, 2.75) is 18.9 Å². The number of rotatable bonds is 3. The van der Waals surface area contributed by atoms with Gasteiger partial charge in [0.25, 0.3) is 0 Å². The summed E-state index contributed by atoms with van der Waals surface area (Å²) in [6.07, 6.45) is 2.11. The second-order valence-electron chi connectivity index (χ2n) is 4.08. The van der Waals surface area contributed by atoms with Crippen LogP contribution in [-0.4, -0.2) is 34.2 Å². The van der Waals surface area contributed by atoms with E-state index in [1.807, 2.05) is 4.90 Å². The van der Waals surface area contributed by atoms with Crippen LogP contribution in [0, 0.1) is 0 Å². The van der Waals surface area contributed by atoms with Crippen LogP contribution in [0.5, 0.6) is 5.75 Å². The molecule has 1 unspecified atom stereocenters. The second-order valence-corrected chi connectivity index (χ2v) is 4.08. The van der Waals surface area contributed by atoms with Crippen molar-refractivity contribution in [3.8, 4) is 5.75 Å². The predicted molar refractivity (Wildman–Crippen MR) is 59.3 cm³/mol. The highest BCUT2D eigenvalue weighted by molar-refractivity contribution is 5.75. The zero-order chi connectivity index (χ0) is 11.5. The summed E-state index contributed by atoms with van der Waals surface area (Å²) < 4.78 is 0. The van der Waals surface area contributed by atoms with Gasteiger partial charge in [0, 0.05) is 0 Å². The first kappa shape index (κ1) is 11.0. The molecule has 1 aromatic carbocycles. The van der Waals surface area contributed by atoms with Crippen LogP contribution < -0.4 is 0 Å². The normalized spacial score (nSPS) is 18.5. The number of benzene rings is 1. The van der Waals surface area contributed by atoms with Crippen LogP contribution in [-0.2, 0) is 4.79 Å². The molecule has 86 valence electrons. The fourth-order valence-corrected chi connectivity index (χ4v) is 2.17. The fourth-order valence-electron chi connectivity index (χ4n) is 2.17. The summed E-state index contributed by atoms with van der Waals surface area (Å²) in [5.74, 6) is -0.665. The molecule has 0 radical (unpaired) electrons. The van der Waals surface area contributed by atoms with E-state index < -0.39 is 12.0 Å². The summed E-state index contributed by atoms with van der Waals surface area (Å²) in [6, 6.07) is 5.82. The van der Waals surface area contributed by atoms with E-state index in [1.165, 1.54) is 12.1 Å². The molecular formula is C12H15NO3. The Bertz CT molecular complexity index is 368. The molecule has 1 atom stereocenters. The topological polar surface area (TPSA) is 60.8 Å². The van der Waals surface area contributed by atoms with Crippen LogP contribution in [0.2, 0.25) is 0 Å². The molecule has 0 bridgehead atoms. The monoisotopic (exact) mass is 221 g/mol. The molecule has 0 aliphatic carbocycles. The number of carboxylic acids is 1. The smallest absolute Gasteiger partial charge is 0.325 e. The van der Waals surface area contributed by atoms with Gasteiger partial charge in [0.2, 0.25) is 0 Å². The van der Waals surface area contributed by atoms with Crippen LogP contribution in [0.4, 0.5) is 0 Å². The Labute approximate surface area is 94.1 Å². The Hall–Kier alpha value is -1.55. The van der Waals surface area contributed by atoms with E-state index in [-0.39, 0.29) is 5.75 Å². The molecule has 0 saturated carbocycles. The summed E-state index contributed by atoms with van der Waals surface area (Å²) >= 11 is 0. The molecule has 2 rings (SSSR count). The average molecular weight is 221 g/mol. The lowest BCUT2D eigenvalue weighted by Crippen LogP contribution is -2.31. The maximum atomic E-state index is 11.3. The lowest BCUT2D eigenvalue weighted by Gasteiger charge is -2.23. The summed E-state index contributed by atoms with van der Waals surface area (Å²) in [5.41, 5.74) is 0.729. The molecular weight excluding hydrogens is 206 g/mol. The first-order chi connectivity index (χ1) is 7.68. The van der Waals surface area contributed by atoms with Gasteiger partial charge in [-0.25, -0.2) is 0 Å². The minimum absolute atomic E-state index is 0.161. The van der Waals surface area contributed by atoms with Crippen molar-refractivity contribution in [1.82, 2.24) is 4.90 Å². The van der Waals surface area contributed by atoms with Gasteiger partial charge in [-0.15, -0.1) is 0 Å². The maximum absolute atomic E-state index is 11.3. The largest absolute Gasteiger partial charge is 0.508 e. The Morgan fingerprint density at radius 1 is 1.19 bits per heavy atom. The standard InChI is InChI=1S/C12H15NO3/c14-10-5-3-9(4-6-10)11(12(15)16)13-7-1-2-8-13/h3-6,11,14H,1-2,7-8H2,(H,15,16). The summed E-state index contributed by atoms with van der Waals surface area (Å²) in [6.45, 7) is 1.66. The highest BCUT2D eigenvalue weighted by Crippen LogP contribution is 2.26. The van der Waals surface area contributed by atoms with Gasteiger partial charge in [-0.2, -0.15) is 0 Å². The van der Waals surface area contributed by atoms with Crippen LogP contribution in [0.3, 0.4) is 0 Å². The van der Waals surface area contributed by atoms with Gasteiger partial charge in [-0.3, -0.25) is 9.69 Å². The highest BCUT2D eigenvalue weighted by Gasteiger charge is 2.29. The first-order valence-corrected chi connectivity index (χ1v) is 5.44. The summed E-state index contributed by atoms with van der Waals surface area (Å²) in [7, 11) is 0. The van der Waals surface area contributed by atoms with Crippen LogP contribution in [0.15, 0.2) is 24.3 Å². The van der Waals surface area contributed by atoms with Crippen LogP contribution in [0.1, 0.15) is 24.4 Å². The summed E-state index contributed by atoms with van der Waals surface area (Å²) in [5, 5.41) is 18.4. The molecule has 1 heterocycles. The molecule has 0 aromatic heterocycles. The van der Waals surface area contributed by atoms with E-state index in [1.54, 1.807) is 12.1 Å². The number of phenolic OH excluding ortho intramolecular Hbond substituents is 1. The third-order valence-corrected chi connectivity index (χ3v) is 2.95. The molecule has 0 amide bonds. The molecule has 1 aromatic rings. The molecule has 1 aliphatic heterocycles. The molecule has 2 N–H and O–H groups in total. The zero-order valence-electron chi connectivity index (χ0n) is 8.97. The number of aromatic hydroxyl groups is 1. The quantitative estimate of drug-likeness (QED) is 0.814. The van der Waals surface area contributed by atoms with E-state index in [4.69, 9.17) is 0 Å². The third kappa shape index (κ3) is 2.17. The van der Waals surface area contributed by atoms with Gasteiger partial charge < -0.3 is 10.2 Å². The van der Waals surface area contributed by atoms with Gasteiger partial charge in [-0.05, 0) is 43.6 Å². The van der Waals surface area contributed by atoms with Crippen LogP contribution >= 0.6 is 0 Å². The first-order valence-electron chi connectivity index (χ1n) is 5.44. The maximum Gasteiger partial charge on any atom is 0.325 e. The minimum atomic E-state index is -0.826. The van der Waals surface area contributed by atoms with Crippen molar-refractivity contribution in [2.24, 2.45) is 0 Å². The van der Waals surface area contributed by atoms with Crippen molar-refractivity contribution in [1.29, 1.82) is 0 Å². The van der Waals surface area contributed by atoms with Crippen molar-refractivity contribution in [3.05, 3.63) is 29.8 Å². The number of hydrogen-bond acceptors (Lipinski definition) is 3. The Morgan fingerprint density at radius 3 is 2.25 bits per heavy atom. The van der Waals surface area contributed by atoms with E-state index in [9.17, 15) is 15.0 Å². The number of aliphatic carboxylic acids is 1. The molecule has 4 heteroatoms. The number of nitrogens with zero attached hydrogens (tertiary/aromatic N) is 1. The molecule has 1 aliphatic rings. The molecule has 16 heavy (non-hydrogen) atoms. The van der Waals surface area contributed by atoms with Crippen molar-refractivity contribution in [3.63, 3.8) is 0 Å². The SMILES string of the molecule is O=C(O)C(c1ccc(O)cc1)N1CCCC1. The van der Waals surface area contributed by atoms with Crippen molar-refractivity contribution in [2.75, 3.05) is 13.1 Å². The van der Waals surface area contributed by atoms with Crippen molar-refractivity contribution < 1.29 is 15.0 Å². The molecule has 1 fully saturated rings. The lowest BCUT2D eigenvalue weighted by atomic mass is 10.1. The number of carbonyl (C=O) groups is 1. The molecule has 1 saturated heterocycles. The number of likely N-dealkylation sites (tertiary alicyclic amines) is 1. The van der Waals surface area contributed by atoms with Gasteiger partial charge in [0.15, 0.2) is 0 Å². The minimum Gasteiger partial charge on any atom is -0.508 e. The third-order valence-electron chi connectivity index (χ3n) is 2.95. The number of carboxylic acid groups (broad SMARTS) is 1. The van der Waals surface area contributed by atoms with E-state index in [2.05, 4.69) is 0 Å². The fraction of sp³-hybridized carbons (Fsp3) is 0.417. The predicted octanol–water partition coefficient (Wildman–Crippen LogP) is 1.61. The van der Waals surface area contributed by atoms with Crippen LogP contribution in [0.25, 0.3) is 0 Å². The highest BCUT2D eigenvalue weighted by atomic mass is 16.4. The average Bonchev–Trinajstić information content (AvgIpc) is 2.74. The summed E-state index contributed by atoms with van der Waals surface area (Å²) in [4.78, 5) is 13.2. The van der Waals surface area contributed by atoms with Gasteiger partial charge in [0.1, 0.15) is 11.8 Å². The lowest BCUT2D eigenvalue weighted by molar-refractivity contribution is -0.143.